The number of para-hydroxylation sites is 1. The first-order valence-electron chi connectivity index (χ1n) is 19.4. The van der Waals surface area contributed by atoms with Crippen molar-refractivity contribution in [3.8, 4) is 33.6 Å². The van der Waals surface area contributed by atoms with Crippen LogP contribution in [0, 0.1) is 19.0 Å². The average molecular weight is 934 g/mol. The smallest absolute Gasteiger partial charge is 0 e. The maximum atomic E-state index is 8.50. The third kappa shape index (κ3) is 7.14. The van der Waals surface area contributed by atoms with Crippen LogP contribution in [-0.4, -0.2) is 23.2 Å². The summed E-state index contributed by atoms with van der Waals surface area (Å²) in [5, 5.41) is 4.18. The van der Waals surface area contributed by atoms with E-state index >= 15 is 0 Å². The first-order chi connectivity index (χ1) is 26.7. The minimum absolute atomic E-state index is 0. The predicted octanol–water partition coefficient (Wildman–Crippen LogP) is 12.5. The molecular formula is C47H40GeIrN2O2-2. The van der Waals surface area contributed by atoms with Gasteiger partial charge in [-0.25, -0.2) is 0 Å². The van der Waals surface area contributed by atoms with Gasteiger partial charge in [0.15, 0.2) is 0 Å². The molecule has 265 valence electrons. The molecule has 0 aliphatic rings. The molecule has 0 spiro atoms. The van der Waals surface area contributed by atoms with Crippen LogP contribution in [0.1, 0.15) is 36.4 Å². The fraction of sp³-hybridized carbons (Fsp3) is 0.149. The summed E-state index contributed by atoms with van der Waals surface area (Å²) in [5.41, 5.74) is 8.89. The van der Waals surface area contributed by atoms with E-state index in [9.17, 15) is 0 Å². The zero-order valence-electron chi connectivity index (χ0n) is 34.2. The van der Waals surface area contributed by atoms with Gasteiger partial charge in [0.25, 0.3) is 0 Å². The van der Waals surface area contributed by atoms with Crippen LogP contribution < -0.4 is 4.40 Å². The summed E-state index contributed by atoms with van der Waals surface area (Å²) < 4.78 is 45.8. The monoisotopic (exact) mass is 935 g/mol. The number of aryl methyl sites for hydroxylation is 1. The molecule has 0 aliphatic carbocycles. The molecule has 4 nitrogen and oxygen atoms in total. The quantitative estimate of drug-likeness (QED) is 0.127. The Labute approximate surface area is 332 Å². The third-order valence-electron chi connectivity index (χ3n) is 9.46. The summed E-state index contributed by atoms with van der Waals surface area (Å²) in [6.07, 6.45) is 3.39. The molecular weight excluding hydrogens is 889 g/mol. The van der Waals surface area contributed by atoms with E-state index in [1.807, 2.05) is 66.9 Å². The Bertz CT molecular complexity index is 2870. The van der Waals surface area contributed by atoms with E-state index in [2.05, 4.69) is 82.9 Å². The second-order valence-electron chi connectivity index (χ2n) is 14.3. The van der Waals surface area contributed by atoms with Crippen LogP contribution in [0.25, 0.3) is 77.5 Å². The van der Waals surface area contributed by atoms with Gasteiger partial charge < -0.3 is 9.40 Å². The van der Waals surface area contributed by atoms with Crippen molar-refractivity contribution in [2.24, 2.45) is 0 Å². The summed E-state index contributed by atoms with van der Waals surface area (Å²) in [7, 11) is 0. The van der Waals surface area contributed by atoms with Gasteiger partial charge in [0, 0.05) is 37.2 Å². The largest absolute Gasteiger partial charge is 0 e. The van der Waals surface area contributed by atoms with E-state index < -0.39 is 26.0 Å². The van der Waals surface area contributed by atoms with Crippen LogP contribution in [0.5, 0.6) is 0 Å². The molecule has 0 atom stereocenters. The summed E-state index contributed by atoms with van der Waals surface area (Å²) in [6.45, 7) is 1.01. The molecule has 0 unspecified atom stereocenters. The summed E-state index contributed by atoms with van der Waals surface area (Å²) >= 11 is -1.83. The molecule has 53 heavy (non-hydrogen) atoms. The first kappa shape index (κ1) is 31.7. The van der Waals surface area contributed by atoms with Crippen LogP contribution in [0.4, 0.5) is 0 Å². The summed E-state index contributed by atoms with van der Waals surface area (Å²) in [6, 6.07) is 44.7. The molecule has 0 N–H and O–H groups in total. The van der Waals surface area contributed by atoms with Crippen molar-refractivity contribution in [3.05, 3.63) is 151 Å². The molecule has 0 saturated carbocycles. The van der Waals surface area contributed by atoms with E-state index in [-0.39, 0.29) is 25.7 Å². The average Bonchev–Trinajstić information content (AvgIpc) is 3.75. The van der Waals surface area contributed by atoms with Gasteiger partial charge in [0.1, 0.15) is 5.58 Å². The first-order valence-corrected chi connectivity index (χ1v) is 24.7. The zero-order chi connectivity index (χ0) is 39.4. The standard InChI is InChI=1S/C27H22NO.C20H18GeNO.Ir/c1-17(2)24-15-25(28-16-18(24)3)23-11-7-10-22-21-13-12-20(14-26(21)29-27(22)23)19-8-5-4-6-9-19;1-21(2,3)14-11-12-18(22-13-14)17-9-6-8-16-15-7-4-5-10-19(15)23-20(16)17;/h4-10,12-17H,1-3H3;4-8,10-13H,1-3H3;/q2*-1;/i3D3,17D;;. The molecule has 9 aromatic rings. The van der Waals surface area contributed by atoms with Crippen molar-refractivity contribution < 1.29 is 34.4 Å². The molecule has 4 aromatic heterocycles. The van der Waals surface area contributed by atoms with Gasteiger partial charge in [-0.05, 0) is 46.8 Å². The number of hydrogen-bond donors (Lipinski definition) is 0. The SMILES string of the molecule is [2H]C([2H])([2H])c1cnc(-c2[c-]ccc3c2oc2cc(-c4ccccc4)ccc23)cc1C([2H])(C)C.[CH3][Ge]([CH3])([CH3])[c]1ccc(-c2[c-]ccc3c2oc2ccccc23)nc1.[Ir]. The van der Waals surface area contributed by atoms with E-state index in [0.29, 0.717) is 22.4 Å². The van der Waals surface area contributed by atoms with Gasteiger partial charge in [-0.15, -0.1) is 18.2 Å². The van der Waals surface area contributed by atoms with Crippen LogP contribution in [0.2, 0.25) is 17.3 Å². The topological polar surface area (TPSA) is 52.1 Å². The van der Waals surface area contributed by atoms with Gasteiger partial charge >= 0.3 is 138 Å². The molecule has 6 heteroatoms. The molecule has 0 amide bonds. The van der Waals surface area contributed by atoms with E-state index in [0.717, 1.165) is 60.7 Å². The second-order valence-corrected chi connectivity index (χ2v) is 24.9. The minimum Gasteiger partial charge on any atom is 0 e. The van der Waals surface area contributed by atoms with Crippen LogP contribution in [0.15, 0.2) is 136 Å². The van der Waals surface area contributed by atoms with Gasteiger partial charge in [0.2, 0.25) is 0 Å². The molecule has 5 aromatic carbocycles. The number of pyridine rings is 2. The van der Waals surface area contributed by atoms with Gasteiger partial charge in [-0.2, -0.15) is 0 Å². The normalized spacial score (nSPS) is 13.2. The Morgan fingerprint density at radius 1 is 0.642 bits per heavy atom. The van der Waals surface area contributed by atoms with E-state index in [1.165, 1.54) is 10.6 Å². The van der Waals surface area contributed by atoms with E-state index in [4.69, 9.17) is 19.3 Å². The number of furan rings is 2. The maximum absolute atomic E-state index is 8.50. The van der Waals surface area contributed by atoms with Gasteiger partial charge in [-0.1, -0.05) is 73.3 Å². The van der Waals surface area contributed by atoms with Crippen molar-refractivity contribution in [3.63, 3.8) is 0 Å². The molecule has 0 saturated heterocycles. The number of rotatable bonds is 5. The number of benzene rings is 5. The van der Waals surface area contributed by atoms with Crippen molar-refractivity contribution in [1.82, 2.24) is 9.97 Å². The van der Waals surface area contributed by atoms with E-state index in [1.54, 1.807) is 19.9 Å². The Kier molecular flexibility index (Phi) is 8.91. The van der Waals surface area contributed by atoms with Crippen molar-refractivity contribution in [1.29, 1.82) is 0 Å². The Hall–Kier alpha value is -4.81. The minimum atomic E-state index is -2.35. The molecule has 0 bridgehead atoms. The predicted molar refractivity (Wildman–Crippen MR) is 219 cm³/mol. The molecule has 9 rings (SSSR count). The molecule has 0 aliphatic heterocycles. The van der Waals surface area contributed by atoms with Gasteiger partial charge in [-0.3, -0.25) is 0 Å². The van der Waals surface area contributed by atoms with Crippen LogP contribution in [-0.2, 0) is 20.1 Å². The molecule has 0 fully saturated rings. The second kappa shape index (κ2) is 14.9. The van der Waals surface area contributed by atoms with Gasteiger partial charge in [0.05, 0.1) is 5.58 Å². The Morgan fingerprint density at radius 3 is 1.94 bits per heavy atom. The fourth-order valence-electron chi connectivity index (χ4n) is 6.61. The molecule has 4 heterocycles. The van der Waals surface area contributed by atoms with Crippen molar-refractivity contribution >= 4 is 61.5 Å². The number of hydrogen-bond acceptors (Lipinski definition) is 4. The third-order valence-corrected chi connectivity index (χ3v) is 13.7. The maximum Gasteiger partial charge on any atom is 0 e. The summed E-state index contributed by atoms with van der Waals surface area (Å²) in [5.74, 6) is 6.03. The number of aromatic nitrogens is 2. The van der Waals surface area contributed by atoms with Crippen molar-refractivity contribution in [2.45, 2.75) is 43.9 Å². The molecule has 1 radical (unpaired) electrons. The zero-order valence-corrected chi connectivity index (χ0v) is 34.7. The summed E-state index contributed by atoms with van der Waals surface area (Å²) in [4.78, 5) is 9.13. The van der Waals surface area contributed by atoms with Crippen LogP contribution >= 0.6 is 0 Å². The Balaban J connectivity index is 0.000000182. The van der Waals surface area contributed by atoms with Crippen molar-refractivity contribution in [2.75, 3.05) is 0 Å². The number of fused-ring (bicyclic) bond motifs is 6. The fourth-order valence-corrected chi connectivity index (χ4v) is 8.79. The van der Waals surface area contributed by atoms with Crippen LogP contribution in [0.3, 0.4) is 0 Å². The Morgan fingerprint density at radius 2 is 1.28 bits per heavy atom. The number of nitrogens with zero attached hydrogens (tertiary/aromatic N) is 2.